The zero-order chi connectivity index (χ0) is 19.2. The second kappa shape index (κ2) is 8.13. The number of carboxylic acids is 1. The van der Waals surface area contributed by atoms with Gasteiger partial charge in [-0.25, -0.2) is 9.59 Å². The lowest BCUT2D eigenvalue weighted by Gasteiger charge is -2.10. The standard InChI is InChI=1S/C19H17N3O5/c1-2-26-19(25)17-16(20-22-21-17)13-8-9-15(14(10-13)18(23)24)27-11-12-6-4-3-5-7-12/h3-10H,2,11H2,1H3,(H,23,24)(H,20,21,22). The van der Waals surface area contributed by atoms with E-state index in [1.807, 2.05) is 30.3 Å². The van der Waals surface area contributed by atoms with Crippen LogP contribution in [0.2, 0.25) is 0 Å². The van der Waals surface area contributed by atoms with Gasteiger partial charge in [-0.3, -0.25) is 0 Å². The summed E-state index contributed by atoms with van der Waals surface area (Å²) >= 11 is 0. The topological polar surface area (TPSA) is 114 Å². The fourth-order valence-corrected chi connectivity index (χ4v) is 2.48. The second-order valence-corrected chi connectivity index (χ2v) is 5.53. The van der Waals surface area contributed by atoms with Crippen LogP contribution in [-0.2, 0) is 11.3 Å². The number of hydrogen-bond acceptors (Lipinski definition) is 6. The molecule has 3 aromatic rings. The normalized spacial score (nSPS) is 10.4. The van der Waals surface area contributed by atoms with Gasteiger partial charge >= 0.3 is 11.9 Å². The number of carbonyl (C=O) groups excluding carboxylic acids is 1. The van der Waals surface area contributed by atoms with E-state index < -0.39 is 11.9 Å². The molecule has 0 saturated heterocycles. The molecule has 0 unspecified atom stereocenters. The maximum atomic E-state index is 12.0. The minimum atomic E-state index is -1.15. The molecule has 0 amide bonds. The lowest BCUT2D eigenvalue weighted by molar-refractivity contribution is 0.0520. The summed E-state index contributed by atoms with van der Waals surface area (Å²) in [5, 5.41) is 19.6. The SMILES string of the molecule is CCOC(=O)c1n[nH]nc1-c1ccc(OCc2ccccc2)c(C(=O)O)c1. The molecule has 0 spiro atoms. The average Bonchev–Trinajstić information content (AvgIpc) is 3.17. The number of benzene rings is 2. The van der Waals surface area contributed by atoms with E-state index in [1.165, 1.54) is 12.1 Å². The van der Waals surface area contributed by atoms with Crippen LogP contribution in [0.15, 0.2) is 48.5 Å². The van der Waals surface area contributed by atoms with Crippen LogP contribution < -0.4 is 4.74 Å². The van der Waals surface area contributed by atoms with Gasteiger partial charge in [0.2, 0.25) is 0 Å². The first kappa shape index (κ1) is 18.1. The Hall–Kier alpha value is -3.68. The highest BCUT2D eigenvalue weighted by Crippen LogP contribution is 2.28. The number of nitrogens with one attached hydrogen (secondary N) is 1. The Morgan fingerprint density at radius 1 is 1.11 bits per heavy atom. The van der Waals surface area contributed by atoms with Crippen molar-refractivity contribution in [2.45, 2.75) is 13.5 Å². The van der Waals surface area contributed by atoms with Gasteiger partial charge in [-0.2, -0.15) is 10.3 Å². The van der Waals surface area contributed by atoms with Crippen molar-refractivity contribution in [3.8, 4) is 17.0 Å². The number of aromatic nitrogens is 3. The van der Waals surface area contributed by atoms with Crippen molar-refractivity contribution < 1.29 is 24.2 Å². The summed E-state index contributed by atoms with van der Waals surface area (Å²) in [5.74, 6) is -1.57. The summed E-state index contributed by atoms with van der Waals surface area (Å²) in [4.78, 5) is 23.6. The van der Waals surface area contributed by atoms with Crippen LogP contribution in [-0.4, -0.2) is 39.1 Å². The average molecular weight is 367 g/mol. The van der Waals surface area contributed by atoms with Crippen LogP contribution in [0.3, 0.4) is 0 Å². The molecule has 0 fully saturated rings. The number of carboxylic acid groups (broad SMARTS) is 1. The summed E-state index contributed by atoms with van der Waals surface area (Å²) in [5.41, 5.74) is 1.49. The highest BCUT2D eigenvalue weighted by Gasteiger charge is 2.21. The van der Waals surface area contributed by atoms with E-state index in [-0.39, 0.29) is 35.9 Å². The number of rotatable bonds is 7. The van der Waals surface area contributed by atoms with E-state index in [9.17, 15) is 14.7 Å². The van der Waals surface area contributed by atoms with E-state index in [2.05, 4.69) is 15.4 Å². The number of H-pyrrole nitrogens is 1. The number of aromatic carboxylic acids is 1. The van der Waals surface area contributed by atoms with Gasteiger partial charge in [0, 0.05) is 5.56 Å². The van der Waals surface area contributed by atoms with Crippen LogP contribution in [0.4, 0.5) is 0 Å². The van der Waals surface area contributed by atoms with E-state index in [0.717, 1.165) is 5.56 Å². The monoisotopic (exact) mass is 367 g/mol. The summed E-state index contributed by atoms with van der Waals surface area (Å²) in [6.45, 7) is 2.11. The molecule has 138 valence electrons. The molecule has 3 rings (SSSR count). The predicted octanol–water partition coefficient (Wildman–Crippen LogP) is 2.93. The molecular weight excluding hydrogens is 350 g/mol. The minimum absolute atomic E-state index is 0.00820. The fraction of sp³-hybridized carbons (Fsp3) is 0.158. The third-order valence-corrected chi connectivity index (χ3v) is 3.74. The van der Waals surface area contributed by atoms with Gasteiger partial charge in [0.05, 0.1) is 6.61 Å². The molecule has 8 heteroatoms. The fourth-order valence-electron chi connectivity index (χ4n) is 2.48. The molecule has 0 saturated carbocycles. The highest BCUT2D eigenvalue weighted by atomic mass is 16.5. The van der Waals surface area contributed by atoms with Crippen molar-refractivity contribution in [2.75, 3.05) is 6.61 Å². The summed E-state index contributed by atoms with van der Waals surface area (Å²) in [6, 6.07) is 14.0. The predicted molar refractivity (Wildman–Crippen MR) is 95.5 cm³/mol. The largest absolute Gasteiger partial charge is 0.488 e. The Balaban J connectivity index is 1.89. The number of ether oxygens (including phenoxy) is 2. The Morgan fingerprint density at radius 3 is 2.59 bits per heavy atom. The first-order valence-electron chi connectivity index (χ1n) is 8.22. The van der Waals surface area contributed by atoms with Crippen LogP contribution in [0.1, 0.15) is 33.3 Å². The quantitative estimate of drug-likeness (QED) is 0.617. The van der Waals surface area contributed by atoms with Gasteiger partial charge in [-0.05, 0) is 30.7 Å². The molecule has 0 radical (unpaired) electrons. The number of esters is 1. The van der Waals surface area contributed by atoms with E-state index in [0.29, 0.717) is 5.56 Å². The lowest BCUT2D eigenvalue weighted by atomic mass is 10.1. The molecular formula is C19H17N3O5. The molecule has 2 aromatic carbocycles. The van der Waals surface area contributed by atoms with Gasteiger partial charge < -0.3 is 14.6 Å². The van der Waals surface area contributed by atoms with Crippen molar-refractivity contribution >= 4 is 11.9 Å². The molecule has 1 heterocycles. The van der Waals surface area contributed by atoms with Crippen molar-refractivity contribution in [2.24, 2.45) is 0 Å². The molecule has 27 heavy (non-hydrogen) atoms. The van der Waals surface area contributed by atoms with Crippen LogP contribution in [0.5, 0.6) is 5.75 Å². The lowest BCUT2D eigenvalue weighted by Crippen LogP contribution is -2.07. The zero-order valence-corrected chi connectivity index (χ0v) is 14.5. The summed E-state index contributed by atoms with van der Waals surface area (Å²) in [6.07, 6.45) is 0. The Kier molecular flexibility index (Phi) is 5.46. The van der Waals surface area contributed by atoms with Crippen LogP contribution in [0, 0.1) is 0 Å². The molecule has 0 aliphatic rings. The summed E-state index contributed by atoms with van der Waals surface area (Å²) in [7, 11) is 0. The number of nitrogens with zero attached hydrogens (tertiary/aromatic N) is 2. The van der Waals surface area contributed by atoms with Gasteiger partial charge in [-0.1, -0.05) is 30.3 Å². The Labute approximate surface area is 154 Å². The minimum Gasteiger partial charge on any atom is -0.488 e. The Morgan fingerprint density at radius 2 is 1.89 bits per heavy atom. The number of hydrogen-bond donors (Lipinski definition) is 2. The van der Waals surface area contributed by atoms with Crippen molar-refractivity contribution in [1.82, 2.24) is 15.4 Å². The van der Waals surface area contributed by atoms with Crippen molar-refractivity contribution in [1.29, 1.82) is 0 Å². The molecule has 0 aliphatic heterocycles. The molecule has 0 aliphatic carbocycles. The molecule has 1 aromatic heterocycles. The Bertz CT molecular complexity index is 953. The first-order chi connectivity index (χ1) is 13.1. The molecule has 0 bridgehead atoms. The van der Waals surface area contributed by atoms with Gasteiger partial charge in [0.15, 0.2) is 5.69 Å². The number of carbonyl (C=O) groups is 2. The maximum absolute atomic E-state index is 12.0. The van der Waals surface area contributed by atoms with Gasteiger partial charge in [0.1, 0.15) is 23.6 Å². The molecule has 2 N–H and O–H groups in total. The molecule has 0 atom stereocenters. The van der Waals surface area contributed by atoms with E-state index >= 15 is 0 Å². The third kappa shape index (κ3) is 4.12. The zero-order valence-electron chi connectivity index (χ0n) is 14.5. The first-order valence-corrected chi connectivity index (χ1v) is 8.22. The van der Waals surface area contributed by atoms with E-state index in [1.54, 1.807) is 13.0 Å². The van der Waals surface area contributed by atoms with Crippen molar-refractivity contribution in [3.05, 3.63) is 65.4 Å². The number of aromatic amines is 1. The molecule has 8 nitrogen and oxygen atoms in total. The third-order valence-electron chi connectivity index (χ3n) is 3.74. The smallest absolute Gasteiger partial charge is 0.361 e. The van der Waals surface area contributed by atoms with Gasteiger partial charge in [0.25, 0.3) is 0 Å². The maximum Gasteiger partial charge on any atom is 0.361 e. The van der Waals surface area contributed by atoms with E-state index in [4.69, 9.17) is 9.47 Å². The van der Waals surface area contributed by atoms with Crippen LogP contribution in [0.25, 0.3) is 11.3 Å². The van der Waals surface area contributed by atoms with Gasteiger partial charge in [-0.15, -0.1) is 5.10 Å². The second-order valence-electron chi connectivity index (χ2n) is 5.53. The highest BCUT2D eigenvalue weighted by molar-refractivity contribution is 5.96. The van der Waals surface area contributed by atoms with Crippen molar-refractivity contribution in [3.63, 3.8) is 0 Å². The summed E-state index contributed by atoms with van der Waals surface area (Å²) < 4.78 is 10.6. The van der Waals surface area contributed by atoms with Crippen LogP contribution >= 0.6 is 0 Å².